The van der Waals surface area contributed by atoms with E-state index in [0.29, 0.717) is 57.4 Å². The Labute approximate surface area is 494 Å². The van der Waals surface area contributed by atoms with Crippen molar-refractivity contribution < 1.29 is 18.7 Å². The van der Waals surface area contributed by atoms with E-state index in [0.717, 1.165) is 110 Å². The van der Waals surface area contributed by atoms with E-state index >= 15 is 0 Å². The molecule has 6 heterocycles. The lowest BCUT2D eigenvalue weighted by Crippen LogP contribution is -2.64. The fourth-order valence-electron chi connectivity index (χ4n) is 12.9. The van der Waals surface area contributed by atoms with Crippen LogP contribution < -0.4 is 11.0 Å². The summed E-state index contributed by atoms with van der Waals surface area (Å²) in [4.78, 5) is 34.9. The van der Waals surface area contributed by atoms with Crippen LogP contribution in [-0.2, 0) is 13.6 Å². The molecule has 12 aromatic rings. The van der Waals surface area contributed by atoms with Gasteiger partial charge in [0.05, 0.1) is 19.8 Å². The number of aliphatic hydroxyl groups excluding tert-OH is 1. The molecule has 0 fully saturated rings. The van der Waals surface area contributed by atoms with Crippen LogP contribution in [0.25, 0.3) is 87.6 Å². The lowest BCUT2D eigenvalue weighted by Gasteiger charge is -2.33. The number of aromatic nitrogens is 2. The molecule has 12 nitrogen and oxygen atoms in total. The van der Waals surface area contributed by atoms with Crippen LogP contribution in [0.4, 0.5) is 11.6 Å². The summed E-state index contributed by atoms with van der Waals surface area (Å²) >= 11 is 5.74. The van der Waals surface area contributed by atoms with Crippen LogP contribution in [-0.4, -0.2) is 77.3 Å². The molecule has 14 heteroatoms. The second-order valence-corrected chi connectivity index (χ2v) is 24.1. The third-order valence-corrected chi connectivity index (χ3v) is 19.9. The summed E-state index contributed by atoms with van der Waals surface area (Å²) in [6.07, 6.45) is 0.530. The van der Waals surface area contributed by atoms with E-state index in [1.54, 1.807) is 0 Å². The van der Waals surface area contributed by atoms with Crippen LogP contribution in [0.5, 0.6) is 0 Å². The number of ether oxygens (including phenoxy) is 1. The molecule has 1 unspecified atom stereocenters. The minimum atomic E-state index is -4.92. The first kappa shape index (κ1) is 50.8. The number of rotatable bonds is 12. The highest BCUT2D eigenvalue weighted by atomic mass is 32.1. The van der Waals surface area contributed by atoms with E-state index < -0.39 is 8.88 Å². The summed E-state index contributed by atoms with van der Waals surface area (Å²) in [5.41, 5.74) is 11.6. The molecule has 6 bridgehead atoms. The Balaban J connectivity index is 1.26. The van der Waals surface area contributed by atoms with Gasteiger partial charge in [-0.3, -0.25) is 8.47 Å². The normalized spacial score (nSPS) is 15.4. The Morgan fingerprint density at radius 1 is 0.388 bits per heavy atom. The fourth-order valence-corrected chi connectivity index (χ4v) is 16.2. The van der Waals surface area contributed by atoms with Crippen LogP contribution in [0, 0.1) is 0 Å². The smallest absolute Gasteiger partial charge is 0.485 e. The predicted octanol–water partition coefficient (Wildman–Crippen LogP) is 14.1. The number of amidine groups is 4. The molecule has 16 rings (SSSR count). The van der Waals surface area contributed by atoms with Crippen LogP contribution in [0.15, 0.2) is 248 Å². The second kappa shape index (κ2) is 20.4. The zero-order valence-electron chi connectivity index (χ0n) is 46.0. The molecule has 4 aliphatic rings. The van der Waals surface area contributed by atoms with Crippen molar-refractivity contribution in [2.75, 3.05) is 26.4 Å². The third-order valence-electron chi connectivity index (χ3n) is 16.4. The van der Waals surface area contributed by atoms with Gasteiger partial charge in [-0.1, -0.05) is 225 Å². The molecule has 2 aromatic heterocycles. The molecule has 408 valence electrons. The summed E-state index contributed by atoms with van der Waals surface area (Å²) in [5, 5.41) is 19.0. The van der Waals surface area contributed by atoms with Gasteiger partial charge in [-0.15, -0.1) is 0 Å². The molecule has 0 saturated carbocycles. The summed E-state index contributed by atoms with van der Waals surface area (Å²) < 4.78 is 26.3. The van der Waals surface area contributed by atoms with Crippen molar-refractivity contribution in [1.82, 2.24) is 8.47 Å². The van der Waals surface area contributed by atoms with Gasteiger partial charge in [0.2, 0.25) is 0 Å². The Morgan fingerprint density at radius 2 is 0.718 bits per heavy atom. The third kappa shape index (κ3) is 7.87. The first-order valence-corrected chi connectivity index (χ1v) is 30.7. The quantitative estimate of drug-likeness (QED) is 0.0739. The van der Waals surface area contributed by atoms with Crippen LogP contribution in [0.2, 0.25) is 0 Å². The van der Waals surface area contributed by atoms with Gasteiger partial charge in [0.15, 0.2) is 28.4 Å². The number of aliphatic imine (C=N–C) groups is 4. The van der Waals surface area contributed by atoms with E-state index in [4.69, 9.17) is 55.8 Å². The zero-order chi connectivity index (χ0) is 56.8. The van der Waals surface area contributed by atoms with Crippen LogP contribution in [0.1, 0.15) is 35.6 Å². The second-order valence-electron chi connectivity index (χ2n) is 21.1. The van der Waals surface area contributed by atoms with Crippen LogP contribution >= 0.6 is 12.2 Å². The number of fused-ring (bicyclic) bond motifs is 16. The summed E-state index contributed by atoms with van der Waals surface area (Å²) in [6, 6.07) is 75.3. The Morgan fingerprint density at radius 3 is 1.08 bits per heavy atom. The SMILES string of the molecule is CCC(=S)OCCO[Si]1(OCCO)n2c3c4c(-c5ccccc5)c5ccccc5c(-c5ccccc5)c4c2N=C2N=C(N=c4c5c(-c6ccccc6)c6ccccc6c(-c6ccccc6)c5c(n41)=NC1=NC(=N3)c3ccccc31)c1ccccc12. The average molecular weight is 1140 g/mol. The maximum absolute atomic E-state index is 11.5. The molecule has 1 N–H and O–H groups in total. The molecule has 0 saturated heterocycles. The topological polar surface area (TPSA) is 132 Å². The molecule has 4 aliphatic heterocycles. The number of aliphatic hydroxyl groups is 1. The largest absolute Gasteiger partial charge is 0.603 e. The maximum atomic E-state index is 11.5. The van der Waals surface area contributed by atoms with Crippen molar-refractivity contribution in [3.8, 4) is 44.5 Å². The number of nitrogens with zero attached hydrogens (tertiary/aromatic N) is 8. The van der Waals surface area contributed by atoms with E-state index in [9.17, 15) is 5.11 Å². The van der Waals surface area contributed by atoms with Gasteiger partial charge < -0.3 is 18.7 Å². The van der Waals surface area contributed by atoms with Gasteiger partial charge in [-0.25, -0.2) is 30.0 Å². The highest BCUT2D eigenvalue weighted by Gasteiger charge is 2.54. The van der Waals surface area contributed by atoms with Crippen LogP contribution in [0.3, 0.4) is 0 Å². The monoisotopic (exact) mass is 1140 g/mol. The van der Waals surface area contributed by atoms with Gasteiger partial charge >= 0.3 is 8.88 Å². The first-order valence-electron chi connectivity index (χ1n) is 28.5. The van der Waals surface area contributed by atoms with E-state index in [-0.39, 0.29) is 26.4 Å². The minimum Gasteiger partial charge on any atom is -0.485 e. The molecule has 0 radical (unpaired) electrons. The maximum Gasteiger partial charge on any atom is 0.603 e. The Hall–Kier alpha value is -9.93. The van der Waals surface area contributed by atoms with Gasteiger partial charge in [-0.05, 0) is 56.0 Å². The van der Waals surface area contributed by atoms with Crippen molar-refractivity contribution in [3.63, 3.8) is 0 Å². The molecular formula is C71H50N8O4SSi. The Bertz CT molecular complexity index is 4770. The Kier molecular flexibility index (Phi) is 12.2. The molecule has 0 amide bonds. The molecule has 10 aromatic carbocycles. The van der Waals surface area contributed by atoms with Crippen molar-refractivity contribution in [3.05, 3.63) is 252 Å². The van der Waals surface area contributed by atoms with E-state index in [2.05, 4.69) is 178 Å². The lowest BCUT2D eigenvalue weighted by atomic mass is 9.87. The van der Waals surface area contributed by atoms with E-state index in [1.165, 1.54) is 0 Å². The number of hydrogen-bond donors (Lipinski definition) is 1. The highest BCUT2D eigenvalue weighted by molar-refractivity contribution is 7.80. The molecule has 0 aliphatic carbocycles. The summed E-state index contributed by atoms with van der Waals surface area (Å²) in [7, 11) is -4.92. The average Bonchev–Trinajstić information content (AvgIpc) is 1.61. The van der Waals surface area contributed by atoms with Crippen molar-refractivity contribution >= 4 is 104 Å². The number of benzene rings is 10. The molecule has 85 heavy (non-hydrogen) atoms. The first-order chi connectivity index (χ1) is 42.0. The number of thiocarbonyl (C=S) groups is 1. The lowest BCUT2D eigenvalue weighted by molar-refractivity contribution is 0.103. The van der Waals surface area contributed by atoms with E-state index in [1.807, 2.05) is 55.5 Å². The van der Waals surface area contributed by atoms with Gasteiger partial charge in [0.25, 0.3) is 0 Å². The minimum absolute atomic E-state index is 0.0355. The molecule has 1 atom stereocenters. The van der Waals surface area contributed by atoms with Gasteiger partial charge in [-0.2, -0.15) is 0 Å². The number of hydrogen-bond acceptors (Lipinski definition) is 11. The summed E-state index contributed by atoms with van der Waals surface area (Å²) in [5.74, 6) is 2.69. The fraction of sp³-hybridized carbons (Fsp3) is 0.0845. The summed E-state index contributed by atoms with van der Waals surface area (Å²) in [6.45, 7) is 1.44. The molecular weight excluding hydrogens is 1090 g/mol. The standard InChI is InChI=1S/C71H50N8O4SSi/c1-2-55(84)81-41-42-83-85(82-40-39-80)78-68-60-56(43-23-7-3-8-24-43)47-31-15-16-32-48(47)57(44-25-9-4-10-26-44)61(60)69(78)75-65-53-37-21-22-38-54(53)67(73-65)77-71-63-59(46-29-13-6-14-30-46)50-34-18-17-33-49(50)58(45-27-11-5-12-28-45)62(63)70(79(71)85)76-66-52-36-20-19-35-51(52)64(72-66)74-68/h3-38,80H,2,39-42H2,1H3. The van der Waals surface area contributed by atoms with Crippen molar-refractivity contribution in [1.29, 1.82) is 0 Å². The highest BCUT2D eigenvalue weighted by Crippen LogP contribution is 2.54. The molecule has 0 spiro atoms. The van der Waals surface area contributed by atoms with Crippen molar-refractivity contribution in [2.24, 2.45) is 30.0 Å². The zero-order valence-corrected chi connectivity index (χ0v) is 47.8. The predicted molar refractivity (Wildman–Crippen MR) is 346 cm³/mol. The van der Waals surface area contributed by atoms with Gasteiger partial charge in [0.1, 0.15) is 29.2 Å². The van der Waals surface area contributed by atoms with Gasteiger partial charge in [0, 0.05) is 72.5 Å². The van der Waals surface area contributed by atoms with Crippen molar-refractivity contribution in [2.45, 2.75) is 13.3 Å².